The van der Waals surface area contributed by atoms with Crippen LogP contribution in [0.4, 0.5) is 0 Å². The molecule has 0 atom stereocenters. The summed E-state index contributed by atoms with van der Waals surface area (Å²) < 4.78 is 3.28. The summed E-state index contributed by atoms with van der Waals surface area (Å²) in [5.41, 5.74) is 0. The average Bonchev–Trinajstić information content (AvgIpc) is 2.43. The molecule has 0 radical (unpaired) electrons. The van der Waals surface area contributed by atoms with Gasteiger partial charge in [0.1, 0.15) is 0 Å². The molecule has 0 spiro atoms. The lowest BCUT2D eigenvalue weighted by atomic mass is 10.3. The number of hydrogen-bond donors (Lipinski definition) is 1. The summed E-state index contributed by atoms with van der Waals surface area (Å²) in [6.07, 6.45) is 1.73. The van der Waals surface area contributed by atoms with E-state index in [0.29, 0.717) is 4.41 Å². The smallest absolute Gasteiger partial charge is 0.454 e. The number of Topliss-reactive ketones (excluding diaryl/α,β-unsaturated/α-hetero) is 1. The third kappa shape index (κ3) is 2.67. The molecule has 0 aromatic carbocycles. The molecule has 0 aliphatic carbocycles. The highest BCUT2D eigenvalue weighted by molar-refractivity contribution is 8.00. The predicted molar refractivity (Wildman–Crippen MR) is 59.1 cm³/mol. The summed E-state index contributed by atoms with van der Waals surface area (Å²) in [6, 6.07) is 0. The molecule has 0 unspecified atom stereocenters. The lowest BCUT2D eigenvalue weighted by molar-refractivity contribution is 0.0961. The SMILES string of the molecule is CSc1[o+]c(C(=O)C(Cl)(Cl)Cl)c(O)s1. The minimum atomic E-state index is -2.11. The number of hydrogen-bond acceptors (Lipinski definition) is 4. The second-order valence-electron chi connectivity index (χ2n) is 2.12. The van der Waals surface area contributed by atoms with Crippen LogP contribution < -0.4 is 0 Å². The van der Waals surface area contributed by atoms with Crippen LogP contribution in [0.3, 0.4) is 0 Å². The normalized spacial score (nSPS) is 11.7. The molecule has 78 valence electrons. The van der Waals surface area contributed by atoms with Crippen LogP contribution in [0.1, 0.15) is 10.6 Å². The van der Waals surface area contributed by atoms with E-state index in [1.54, 1.807) is 6.26 Å². The monoisotopic (exact) mass is 293 g/mol. The molecule has 0 aliphatic rings. The topological polar surface area (TPSA) is 48.6 Å². The first-order chi connectivity index (χ1) is 6.36. The molecule has 3 nitrogen and oxygen atoms in total. The van der Waals surface area contributed by atoms with Crippen molar-refractivity contribution in [3.8, 4) is 5.06 Å². The Morgan fingerprint density at radius 2 is 2.14 bits per heavy atom. The summed E-state index contributed by atoms with van der Waals surface area (Å²) in [6.45, 7) is 0. The zero-order valence-electron chi connectivity index (χ0n) is 6.71. The Hall–Kier alpha value is 0.320. The molecule has 0 bridgehead atoms. The van der Waals surface area contributed by atoms with Gasteiger partial charge in [0.2, 0.25) is 0 Å². The van der Waals surface area contributed by atoms with Crippen molar-refractivity contribution in [2.75, 3.05) is 6.26 Å². The van der Waals surface area contributed by atoms with E-state index in [-0.39, 0.29) is 10.8 Å². The zero-order chi connectivity index (χ0) is 10.9. The first kappa shape index (κ1) is 12.4. The van der Waals surface area contributed by atoms with Gasteiger partial charge in [-0.15, -0.1) is 0 Å². The molecule has 0 saturated heterocycles. The van der Waals surface area contributed by atoms with Crippen molar-refractivity contribution in [1.29, 1.82) is 0 Å². The number of ketones is 1. The van der Waals surface area contributed by atoms with Gasteiger partial charge in [-0.3, -0.25) is 4.79 Å². The number of rotatable bonds is 2. The van der Waals surface area contributed by atoms with E-state index in [4.69, 9.17) is 39.2 Å². The van der Waals surface area contributed by atoms with Gasteiger partial charge in [0.25, 0.3) is 8.86 Å². The minimum absolute atomic E-state index is 0.286. The Bertz CT molecular complexity index is 358. The highest BCUT2D eigenvalue weighted by atomic mass is 35.6. The Morgan fingerprint density at radius 1 is 1.57 bits per heavy atom. The fraction of sp³-hybridized carbons (Fsp3) is 0.333. The van der Waals surface area contributed by atoms with Gasteiger partial charge in [-0.25, -0.2) is 0 Å². The number of carbonyl (C=O) groups is 1. The van der Waals surface area contributed by atoms with Crippen LogP contribution in [0.25, 0.3) is 0 Å². The van der Waals surface area contributed by atoms with E-state index in [0.717, 1.165) is 11.3 Å². The number of aromatic hydroxyl groups is 1. The van der Waals surface area contributed by atoms with Crippen molar-refractivity contribution in [3.05, 3.63) is 5.76 Å². The average molecular weight is 295 g/mol. The van der Waals surface area contributed by atoms with Crippen LogP contribution in [0.15, 0.2) is 8.82 Å². The number of carbonyl (C=O) groups excluding carboxylic acids is 1. The summed E-state index contributed by atoms with van der Waals surface area (Å²) >= 11 is 18.2. The van der Waals surface area contributed by atoms with Crippen LogP contribution in [0, 0.1) is 0 Å². The Labute approximate surface area is 103 Å². The maximum atomic E-state index is 11.4. The minimum Gasteiger partial charge on any atom is -0.493 e. The molecule has 0 fully saturated rings. The summed E-state index contributed by atoms with van der Waals surface area (Å²) in [5, 5.41) is 9.02. The molecule has 1 N–H and O–H groups in total. The largest absolute Gasteiger partial charge is 0.493 e. The van der Waals surface area contributed by atoms with E-state index >= 15 is 0 Å². The first-order valence-corrected chi connectivity index (χ1v) is 6.35. The highest BCUT2D eigenvalue weighted by Crippen LogP contribution is 2.39. The standard InChI is InChI=1S/C6H3Cl3O3S2/c1-13-5-12-2(4(11)14-5)3(10)6(7,8)9/h1H3/p+1. The van der Waals surface area contributed by atoms with E-state index in [1.807, 2.05) is 0 Å². The highest BCUT2D eigenvalue weighted by Gasteiger charge is 2.44. The van der Waals surface area contributed by atoms with E-state index < -0.39 is 9.58 Å². The third-order valence-corrected chi connectivity index (χ3v) is 3.50. The molecule has 1 rings (SSSR count). The van der Waals surface area contributed by atoms with Gasteiger partial charge < -0.3 is 5.11 Å². The molecular weight excluding hydrogens is 291 g/mol. The van der Waals surface area contributed by atoms with Gasteiger partial charge in [-0.05, 0) is 18.0 Å². The number of alkyl halides is 3. The Kier molecular flexibility index (Phi) is 3.94. The number of halogens is 3. The van der Waals surface area contributed by atoms with Crippen molar-refractivity contribution >= 4 is 63.7 Å². The van der Waals surface area contributed by atoms with Crippen LogP contribution >= 0.6 is 57.9 Å². The molecule has 0 amide bonds. The second kappa shape index (κ2) is 4.45. The predicted octanol–water partition coefficient (Wildman–Crippen LogP) is 3.60. The van der Waals surface area contributed by atoms with Crippen LogP contribution in [-0.4, -0.2) is 20.9 Å². The van der Waals surface area contributed by atoms with E-state index in [9.17, 15) is 9.90 Å². The maximum Gasteiger partial charge on any atom is 0.454 e. The molecule has 8 heteroatoms. The van der Waals surface area contributed by atoms with Gasteiger partial charge in [-0.1, -0.05) is 34.8 Å². The lowest BCUT2D eigenvalue weighted by Crippen LogP contribution is -2.18. The first-order valence-electron chi connectivity index (χ1n) is 3.17. The van der Waals surface area contributed by atoms with Crippen molar-refractivity contribution in [2.24, 2.45) is 0 Å². The lowest BCUT2D eigenvalue weighted by Gasteiger charge is -2.01. The zero-order valence-corrected chi connectivity index (χ0v) is 10.6. The second-order valence-corrected chi connectivity index (χ2v) is 6.40. The van der Waals surface area contributed by atoms with Crippen LogP contribution in [-0.2, 0) is 0 Å². The number of thioether (sulfide) groups is 1. The van der Waals surface area contributed by atoms with Crippen molar-refractivity contribution < 1.29 is 14.3 Å². The molecule has 1 aromatic rings. The molecular formula is C6H4Cl3O3S2+. The van der Waals surface area contributed by atoms with Gasteiger partial charge in [-0.2, -0.15) is 4.42 Å². The summed E-state index contributed by atoms with van der Waals surface area (Å²) in [7, 11) is 0. The maximum absolute atomic E-state index is 11.4. The summed E-state index contributed by atoms with van der Waals surface area (Å²) in [4.78, 5) is 11.4. The van der Waals surface area contributed by atoms with Gasteiger partial charge >= 0.3 is 15.9 Å². The summed E-state index contributed by atoms with van der Waals surface area (Å²) in [5.74, 6) is -1.20. The van der Waals surface area contributed by atoms with Crippen molar-refractivity contribution in [2.45, 2.75) is 8.20 Å². The van der Waals surface area contributed by atoms with Crippen LogP contribution in [0.2, 0.25) is 0 Å². The van der Waals surface area contributed by atoms with E-state index in [1.165, 1.54) is 11.8 Å². The molecule has 14 heavy (non-hydrogen) atoms. The molecule has 1 heterocycles. The molecule has 1 aromatic heterocycles. The van der Waals surface area contributed by atoms with E-state index in [2.05, 4.69) is 0 Å². The fourth-order valence-corrected chi connectivity index (χ4v) is 2.13. The third-order valence-electron chi connectivity index (χ3n) is 1.19. The fourth-order valence-electron chi connectivity index (χ4n) is 0.629. The quantitative estimate of drug-likeness (QED) is 0.392. The van der Waals surface area contributed by atoms with Gasteiger partial charge in [0.15, 0.2) is 0 Å². The Morgan fingerprint density at radius 3 is 2.50 bits per heavy atom. The van der Waals surface area contributed by atoms with Gasteiger partial charge in [0, 0.05) is 11.3 Å². The molecule has 0 saturated carbocycles. The van der Waals surface area contributed by atoms with Gasteiger partial charge in [0.05, 0.1) is 0 Å². The van der Waals surface area contributed by atoms with Crippen molar-refractivity contribution in [3.63, 3.8) is 0 Å². The molecule has 0 aliphatic heterocycles. The van der Waals surface area contributed by atoms with Crippen molar-refractivity contribution in [1.82, 2.24) is 0 Å². The Balaban J connectivity index is 3.07. The van der Waals surface area contributed by atoms with Crippen LogP contribution in [0.5, 0.6) is 5.06 Å².